The van der Waals surface area contributed by atoms with Crippen molar-refractivity contribution in [2.45, 2.75) is 51.6 Å². The molecule has 7 heteroatoms. The molecule has 0 aliphatic carbocycles. The third-order valence-corrected chi connectivity index (χ3v) is 7.07. The summed E-state index contributed by atoms with van der Waals surface area (Å²) in [7, 11) is 1.49. The van der Waals surface area contributed by atoms with Gasteiger partial charge in [0.05, 0.1) is 24.7 Å². The number of likely N-dealkylation sites (tertiary alicyclic amines) is 1. The van der Waals surface area contributed by atoms with Gasteiger partial charge in [0.2, 0.25) is 5.91 Å². The molecule has 1 spiro atoms. The largest absolute Gasteiger partial charge is 0.496 e. The molecule has 4 rings (SSSR count). The Bertz CT molecular complexity index is 1120. The predicted molar refractivity (Wildman–Crippen MR) is 126 cm³/mol. The minimum absolute atomic E-state index is 0.0752. The van der Waals surface area contributed by atoms with Crippen LogP contribution in [0.4, 0.5) is 0 Å². The molecule has 0 unspecified atom stereocenters. The number of rotatable bonds is 5. The zero-order chi connectivity index (χ0) is 23.8. The van der Waals surface area contributed by atoms with Crippen LogP contribution in [-0.2, 0) is 4.79 Å². The van der Waals surface area contributed by atoms with Crippen LogP contribution in [-0.4, -0.2) is 48.2 Å². The summed E-state index contributed by atoms with van der Waals surface area (Å²) < 4.78 is 11.7. The van der Waals surface area contributed by atoms with Gasteiger partial charge in [0, 0.05) is 43.8 Å². The highest BCUT2D eigenvalue weighted by molar-refractivity contribution is 6.31. The minimum Gasteiger partial charge on any atom is -0.496 e. The van der Waals surface area contributed by atoms with Crippen LogP contribution in [0.5, 0.6) is 11.5 Å². The number of piperidine rings is 1. The topological polar surface area (TPSA) is 72.9 Å². The Balaban J connectivity index is 1.37. The van der Waals surface area contributed by atoms with E-state index in [9.17, 15) is 14.4 Å². The number of aryl methyl sites for hydroxylation is 1. The van der Waals surface area contributed by atoms with Gasteiger partial charge in [0.1, 0.15) is 17.1 Å². The zero-order valence-electron chi connectivity index (χ0n) is 19.2. The first-order valence-electron chi connectivity index (χ1n) is 11.2. The van der Waals surface area contributed by atoms with Gasteiger partial charge in [-0.3, -0.25) is 14.4 Å². The minimum atomic E-state index is -0.566. The fourth-order valence-electron chi connectivity index (χ4n) is 4.64. The number of hydrogen-bond donors (Lipinski definition) is 0. The standard InChI is InChI=1S/C26H28ClNO5/c1-16-4-6-19-22(30)15-26(33-25(19)17(16)2)10-12-28(13-11-26)24(31)9-7-21(29)20-14-18(27)5-8-23(20)32-3/h4-6,8,14H,7,9-13,15H2,1-3H3. The van der Waals surface area contributed by atoms with Crippen LogP contribution in [0.3, 0.4) is 0 Å². The number of benzene rings is 2. The lowest BCUT2D eigenvalue weighted by Gasteiger charge is -2.44. The van der Waals surface area contributed by atoms with Gasteiger partial charge < -0.3 is 14.4 Å². The maximum Gasteiger partial charge on any atom is 0.223 e. The van der Waals surface area contributed by atoms with Gasteiger partial charge in [0.15, 0.2) is 11.6 Å². The first-order valence-corrected chi connectivity index (χ1v) is 11.6. The van der Waals surface area contributed by atoms with Crippen molar-refractivity contribution in [1.82, 2.24) is 4.90 Å². The number of carbonyl (C=O) groups excluding carboxylic acids is 3. The number of nitrogens with zero attached hydrogens (tertiary/aromatic N) is 1. The van der Waals surface area contributed by atoms with Crippen molar-refractivity contribution in [2.75, 3.05) is 20.2 Å². The van der Waals surface area contributed by atoms with Crippen LogP contribution in [0.25, 0.3) is 0 Å². The van der Waals surface area contributed by atoms with Crippen molar-refractivity contribution in [1.29, 1.82) is 0 Å². The van der Waals surface area contributed by atoms with Gasteiger partial charge >= 0.3 is 0 Å². The van der Waals surface area contributed by atoms with Crippen molar-refractivity contribution < 1.29 is 23.9 Å². The lowest BCUT2D eigenvalue weighted by Crippen LogP contribution is -2.52. The second-order valence-electron chi connectivity index (χ2n) is 8.92. The summed E-state index contributed by atoms with van der Waals surface area (Å²) in [6, 6.07) is 8.67. The highest BCUT2D eigenvalue weighted by Crippen LogP contribution is 2.41. The molecule has 33 heavy (non-hydrogen) atoms. The first kappa shape index (κ1) is 23.3. The molecule has 2 aliphatic heterocycles. The van der Waals surface area contributed by atoms with E-state index >= 15 is 0 Å². The summed E-state index contributed by atoms with van der Waals surface area (Å²) in [6.45, 7) is 4.99. The molecule has 0 atom stereocenters. The number of amides is 1. The number of methoxy groups -OCH3 is 1. The molecule has 0 N–H and O–H groups in total. The molecule has 2 aromatic carbocycles. The van der Waals surface area contributed by atoms with Crippen LogP contribution < -0.4 is 9.47 Å². The number of ether oxygens (including phenoxy) is 2. The lowest BCUT2D eigenvalue weighted by atomic mass is 9.81. The Labute approximate surface area is 198 Å². The third-order valence-electron chi connectivity index (χ3n) is 6.83. The van der Waals surface area contributed by atoms with Crippen molar-refractivity contribution in [3.05, 3.63) is 57.6 Å². The highest BCUT2D eigenvalue weighted by atomic mass is 35.5. The molecule has 0 aromatic heterocycles. The van der Waals surface area contributed by atoms with Crippen molar-refractivity contribution in [2.24, 2.45) is 0 Å². The van der Waals surface area contributed by atoms with Crippen molar-refractivity contribution in [3.63, 3.8) is 0 Å². The molecule has 1 saturated heterocycles. The normalized spacial score (nSPS) is 16.8. The van der Waals surface area contributed by atoms with E-state index in [1.54, 1.807) is 23.1 Å². The van der Waals surface area contributed by atoms with E-state index in [1.165, 1.54) is 7.11 Å². The van der Waals surface area contributed by atoms with Gasteiger partial charge in [0.25, 0.3) is 0 Å². The number of fused-ring (bicyclic) bond motifs is 1. The Hall–Kier alpha value is -2.86. The molecule has 2 heterocycles. The fraction of sp³-hybridized carbons (Fsp3) is 0.423. The molecule has 2 aromatic rings. The smallest absolute Gasteiger partial charge is 0.223 e. The Kier molecular flexibility index (Phi) is 6.48. The summed E-state index contributed by atoms with van der Waals surface area (Å²) in [5, 5.41) is 0.445. The Morgan fingerprint density at radius 1 is 1.12 bits per heavy atom. The number of Topliss-reactive ketones (excluding diaryl/α,β-unsaturated/α-hetero) is 2. The molecule has 0 saturated carbocycles. The van der Waals surface area contributed by atoms with E-state index in [2.05, 4.69) is 0 Å². The monoisotopic (exact) mass is 469 g/mol. The van der Waals surface area contributed by atoms with E-state index in [0.717, 1.165) is 11.1 Å². The quantitative estimate of drug-likeness (QED) is 0.579. The molecule has 1 fully saturated rings. The zero-order valence-corrected chi connectivity index (χ0v) is 20.0. The molecule has 2 aliphatic rings. The molecule has 6 nitrogen and oxygen atoms in total. The predicted octanol–water partition coefficient (Wildman–Crippen LogP) is 4.95. The van der Waals surface area contributed by atoms with Gasteiger partial charge in [-0.15, -0.1) is 0 Å². The van der Waals surface area contributed by atoms with Crippen molar-refractivity contribution >= 4 is 29.1 Å². The van der Waals surface area contributed by atoms with Gasteiger partial charge in [-0.05, 0) is 49.2 Å². The number of ketones is 2. The van der Waals surface area contributed by atoms with E-state index in [1.807, 2.05) is 26.0 Å². The second-order valence-corrected chi connectivity index (χ2v) is 9.35. The van der Waals surface area contributed by atoms with E-state index < -0.39 is 5.60 Å². The van der Waals surface area contributed by atoms with Gasteiger partial charge in [-0.25, -0.2) is 0 Å². The number of hydrogen-bond acceptors (Lipinski definition) is 5. The Morgan fingerprint density at radius 2 is 1.85 bits per heavy atom. The van der Waals surface area contributed by atoms with Gasteiger partial charge in [-0.1, -0.05) is 17.7 Å². The summed E-state index contributed by atoms with van der Waals surface area (Å²) in [5.41, 5.74) is 2.55. The SMILES string of the molecule is COc1ccc(Cl)cc1C(=O)CCC(=O)N1CCC2(CC1)CC(=O)c1ccc(C)c(C)c1O2. The molecule has 174 valence electrons. The molecule has 0 bridgehead atoms. The number of carbonyl (C=O) groups is 3. The fourth-order valence-corrected chi connectivity index (χ4v) is 4.81. The maximum atomic E-state index is 12.8. The van der Waals surface area contributed by atoms with Gasteiger partial charge in [-0.2, -0.15) is 0 Å². The van der Waals surface area contributed by atoms with Crippen LogP contribution in [0.2, 0.25) is 5.02 Å². The second kappa shape index (κ2) is 9.18. The van der Waals surface area contributed by atoms with Crippen LogP contribution in [0, 0.1) is 13.8 Å². The van der Waals surface area contributed by atoms with Crippen LogP contribution >= 0.6 is 11.6 Å². The van der Waals surface area contributed by atoms with Crippen LogP contribution in [0.15, 0.2) is 30.3 Å². The average molecular weight is 470 g/mol. The summed E-state index contributed by atoms with van der Waals surface area (Å²) >= 11 is 6.01. The molecule has 0 radical (unpaired) electrons. The average Bonchev–Trinajstić information content (AvgIpc) is 2.80. The molecule has 1 amide bonds. The Morgan fingerprint density at radius 3 is 2.55 bits per heavy atom. The number of halogens is 1. The molecular formula is C26H28ClNO5. The van der Waals surface area contributed by atoms with E-state index in [0.29, 0.717) is 60.0 Å². The summed E-state index contributed by atoms with van der Waals surface area (Å²) in [4.78, 5) is 40.0. The highest BCUT2D eigenvalue weighted by Gasteiger charge is 2.44. The molecular weight excluding hydrogens is 442 g/mol. The summed E-state index contributed by atoms with van der Waals surface area (Å²) in [6.07, 6.45) is 1.71. The van der Waals surface area contributed by atoms with E-state index in [-0.39, 0.29) is 30.3 Å². The van der Waals surface area contributed by atoms with E-state index in [4.69, 9.17) is 21.1 Å². The first-order chi connectivity index (χ1) is 15.7. The third kappa shape index (κ3) is 4.62. The summed E-state index contributed by atoms with van der Waals surface area (Å²) in [5.74, 6) is 0.975. The van der Waals surface area contributed by atoms with Crippen molar-refractivity contribution in [3.8, 4) is 11.5 Å². The van der Waals surface area contributed by atoms with Crippen LogP contribution in [0.1, 0.15) is 63.9 Å². The maximum absolute atomic E-state index is 12.8. The lowest BCUT2D eigenvalue weighted by molar-refractivity contribution is -0.134.